The van der Waals surface area contributed by atoms with Crippen molar-refractivity contribution < 1.29 is 14.1 Å². The molecule has 106 valence electrons. The van der Waals surface area contributed by atoms with Gasteiger partial charge in [0.05, 0.1) is 18.1 Å². The molecule has 0 spiro atoms. The Morgan fingerprint density at radius 1 is 1.55 bits per heavy atom. The lowest BCUT2D eigenvalue weighted by molar-refractivity contribution is -0.385. The Labute approximate surface area is 118 Å². The molecular weight excluding hydrogens is 289 g/mol. The molecule has 8 heteroatoms. The molecule has 0 unspecified atom stereocenters. The van der Waals surface area contributed by atoms with Crippen LogP contribution in [0.3, 0.4) is 0 Å². The van der Waals surface area contributed by atoms with E-state index in [9.17, 15) is 14.5 Å². The highest BCUT2D eigenvalue weighted by Crippen LogP contribution is 2.29. The molecule has 0 aliphatic carbocycles. The second kappa shape index (κ2) is 5.98. The number of nitrogens with zero attached hydrogens (tertiary/aromatic N) is 3. The Hall–Kier alpha value is -1.99. The minimum atomic E-state index is -0.605. The summed E-state index contributed by atoms with van der Waals surface area (Å²) in [5, 5.41) is 14.9. The van der Waals surface area contributed by atoms with Crippen LogP contribution < -0.4 is 0 Å². The Morgan fingerprint density at radius 3 is 2.90 bits per heavy atom. The van der Waals surface area contributed by atoms with Crippen molar-refractivity contribution in [2.24, 2.45) is 0 Å². The van der Waals surface area contributed by atoms with Crippen molar-refractivity contribution in [1.29, 1.82) is 0 Å². The maximum Gasteiger partial charge on any atom is 0.331 e. The van der Waals surface area contributed by atoms with Gasteiger partial charge in [0, 0.05) is 7.11 Å². The second-order valence-corrected chi connectivity index (χ2v) is 4.42. The van der Waals surface area contributed by atoms with Gasteiger partial charge >= 0.3 is 5.69 Å². The zero-order valence-corrected chi connectivity index (χ0v) is 11.3. The van der Waals surface area contributed by atoms with Gasteiger partial charge in [-0.3, -0.25) is 10.1 Å². The highest BCUT2D eigenvalue weighted by atomic mass is 35.5. The second-order valence-electron chi connectivity index (χ2n) is 4.06. The molecule has 0 aliphatic rings. The molecule has 6 nitrogen and oxygen atoms in total. The van der Waals surface area contributed by atoms with Crippen LogP contribution in [0.25, 0.3) is 0 Å². The predicted molar refractivity (Wildman–Crippen MR) is 70.1 cm³/mol. The summed E-state index contributed by atoms with van der Waals surface area (Å²) >= 11 is 5.96. The van der Waals surface area contributed by atoms with E-state index in [1.807, 2.05) is 0 Å². The Kier molecular flexibility index (Phi) is 4.31. The SMILES string of the molecule is COCc1nn(Cc2cccc(F)c2)c(Cl)c1[N+](=O)[O-]. The van der Waals surface area contributed by atoms with Gasteiger partial charge in [0.15, 0.2) is 5.69 Å². The zero-order valence-electron chi connectivity index (χ0n) is 10.5. The van der Waals surface area contributed by atoms with E-state index < -0.39 is 10.7 Å². The molecule has 0 bridgehead atoms. The number of ether oxygens (including phenoxy) is 1. The summed E-state index contributed by atoms with van der Waals surface area (Å²) in [6, 6.07) is 5.86. The summed E-state index contributed by atoms with van der Waals surface area (Å²) in [5.74, 6) is -0.391. The third-order valence-corrected chi connectivity index (χ3v) is 3.00. The van der Waals surface area contributed by atoms with E-state index in [4.69, 9.17) is 16.3 Å². The van der Waals surface area contributed by atoms with E-state index in [0.717, 1.165) is 0 Å². The number of nitro groups is 1. The largest absolute Gasteiger partial charge is 0.378 e. The number of rotatable bonds is 5. The highest BCUT2D eigenvalue weighted by molar-refractivity contribution is 6.31. The Morgan fingerprint density at radius 2 is 2.30 bits per heavy atom. The van der Waals surface area contributed by atoms with Gasteiger partial charge in [-0.05, 0) is 17.7 Å². The maximum atomic E-state index is 13.1. The first-order chi connectivity index (χ1) is 9.52. The van der Waals surface area contributed by atoms with Gasteiger partial charge in [-0.1, -0.05) is 23.7 Å². The van der Waals surface area contributed by atoms with Gasteiger partial charge in [0.25, 0.3) is 0 Å². The van der Waals surface area contributed by atoms with Crippen molar-refractivity contribution in [3.05, 3.63) is 56.6 Å². The van der Waals surface area contributed by atoms with Crippen molar-refractivity contribution in [3.63, 3.8) is 0 Å². The fraction of sp³-hybridized carbons (Fsp3) is 0.250. The lowest BCUT2D eigenvalue weighted by Crippen LogP contribution is -2.03. The smallest absolute Gasteiger partial charge is 0.331 e. The van der Waals surface area contributed by atoms with E-state index in [2.05, 4.69) is 5.10 Å². The van der Waals surface area contributed by atoms with Gasteiger partial charge < -0.3 is 4.74 Å². The Bertz CT molecular complexity index is 645. The number of hydrogen-bond acceptors (Lipinski definition) is 4. The molecule has 0 fully saturated rings. The summed E-state index contributed by atoms with van der Waals surface area (Å²) in [6.45, 7) is 0.118. The number of benzene rings is 1. The van der Waals surface area contributed by atoms with E-state index >= 15 is 0 Å². The van der Waals surface area contributed by atoms with Gasteiger partial charge in [-0.25, -0.2) is 9.07 Å². The monoisotopic (exact) mass is 299 g/mol. The standard InChI is InChI=1S/C12H11ClFN3O3/c1-20-7-10-11(17(18)19)12(13)16(15-10)6-8-3-2-4-9(14)5-8/h2-5H,6-7H2,1H3. The topological polar surface area (TPSA) is 70.2 Å². The van der Waals surface area contributed by atoms with Crippen molar-refractivity contribution in [1.82, 2.24) is 9.78 Å². The first-order valence-electron chi connectivity index (χ1n) is 5.66. The van der Waals surface area contributed by atoms with Crippen LogP contribution in [0.4, 0.5) is 10.1 Å². The number of halogens is 2. The molecule has 1 aromatic heterocycles. The summed E-state index contributed by atoms with van der Waals surface area (Å²) < 4.78 is 19.2. The van der Waals surface area contributed by atoms with Gasteiger partial charge in [-0.15, -0.1) is 0 Å². The van der Waals surface area contributed by atoms with Crippen LogP contribution in [0.2, 0.25) is 5.15 Å². The van der Waals surface area contributed by atoms with Crippen molar-refractivity contribution in [2.45, 2.75) is 13.2 Å². The molecule has 1 aromatic carbocycles. The van der Waals surface area contributed by atoms with E-state index in [1.165, 1.54) is 23.9 Å². The summed E-state index contributed by atoms with van der Waals surface area (Å²) in [7, 11) is 1.41. The minimum Gasteiger partial charge on any atom is -0.378 e. The maximum absolute atomic E-state index is 13.1. The molecule has 0 saturated carbocycles. The van der Waals surface area contributed by atoms with Crippen LogP contribution in [0.15, 0.2) is 24.3 Å². The van der Waals surface area contributed by atoms with Crippen molar-refractivity contribution in [2.75, 3.05) is 7.11 Å². The lowest BCUT2D eigenvalue weighted by Gasteiger charge is -2.02. The molecule has 0 aliphatic heterocycles. The third kappa shape index (κ3) is 2.94. The van der Waals surface area contributed by atoms with Crippen LogP contribution in [0.5, 0.6) is 0 Å². The molecule has 0 N–H and O–H groups in total. The van der Waals surface area contributed by atoms with Crippen LogP contribution in [0, 0.1) is 15.9 Å². The first kappa shape index (κ1) is 14.4. The fourth-order valence-corrected chi connectivity index (χ4v) is 2.08. The van der Waals surface area contributed by atoms with E-state index in [0.29, 0.717) is 5.56 Å². The molecule has 2 rings (SSSR count). The number of aromatic nitrogens is 2. The summed E-state index contributed by atoms with van der Waals surface area (Å²) in [4.78, 5) is 10.4. The zero-order chi connectivity index (χ0) is 14.7. The average Bonchev–Trinajstić information content (AvgIpc) is 2.66. The van der Waals surface area contributed by atoms with E-state index in [-0.39, 0.29) is 29.7 Å². The quantitative estimate of drug-likeness (QED) is 0.629. The molecular formula is C12H11ClFN3O3. The highest BCUT2D eigenvalue weighted by Gasteiger charge is 2.26. The summed E-state index contributed by atoms with van der Waals surface area (Å²) in [5.41, 5.74) is 0.456. The van der Waals surface area contributed by atoms with Crippen LogP contribution in [-0.2, 0) is 17.9 Å². The van der Waals surface area contributed by atoms with Crippen LogP contribution in [-0.4, -0.2) is 21.8 Å². The third-order valence-electron chi connectivity index (χ3n) is 2.62. The fourth-order valence-electron chi connectivity index (χ4n) is 1.81. The first-order valence-corrected chi connectivity index (χ1v) is 6.03. The predicted octanol–water partition coefficient (Wildman–Crippen LogP) is 2.78. The number of hydrogen-bond donors (Lipinski definition) is 0. The van der Waals surface area contributed by atoms with Crippen molar-refractivity contribution in [3.8, 4) is 0 Å². The van der Waals surface area contributed by atoms with Gasteiger partial charge in [0.2, 0.25) is 5.15 Å². The van der Waals surface area contributed by atoms with E-state index in [1.54, 1.807) is 12.1 Å². The lowest BCUT2D eigenvalue weighted by atomic mass is 10.2. The summed E-state index contributed by atoms with van der Waals surface area (Å²) in [6.07, 6.45) is 0. The van der Waals surface area contributed by atoms with Crippen molar-refractivity contribution >= 4 is 17.3 Å². The Balaban J connectivity index is 2.37. The molecule has 0 radical (unpaired) electrons. The van der Waals surface area contributed by atoms with Crippen LogP contribution in [0.1, 0.15) is 11.3 Å². The minimum absolute atomic E-state index is 0.0216. The average molecular weight is 300 g/mol. The molecule has 0 atom stereocenters. The van der Waals surface area contributed by atoms with Gasteiger partial charge in [-0.2, -0.15) is 5.10 Å². The molecule has 20 heavy (non-hydrogen) atoms. The molecule has 2 aromatic rings. The normalized spacial score (nSPS) is 10.8. The molecule has 0 amide bonds. The van der Waals surface area contributed by atoms with Gasteiger partial charge in [0.1, 0.15) is 5.82 Å². The van der Waals surface area contributed by atoms with Crippen LogP contribution >= 0.6 is 11.6 Å². The molecule has 0 saturated heterocycles. The number of methoxy groups -OCH3 is 1. The molecule has 1 heterocycles.